The fourth-order valence-corrected chi connectivity index (χ4v) is 3.39. The van der Waals surface area contributed by atoms with Crippen LogP contribution in [0.25, 0.3) is 0 Å². The molecule has 0 fully saturated rings. The van der Waals surface area contributed by atoms with Gasteiger partial charge < -0.3 is 10.6 Å². The van der Waals surface area contributed by atoms with Crippen molar-refractivity contribution in [3.63, 3.8) is 0 Å². The average molecular weight is 466 g/mol. The van der Waals surface area contributed by atoms with Crippen molar-refractivity contribution in [2.24, 2.45) is 0 Å². The quantitative estimate of drug-likeness (QED) is 0.506. The van der Waals surface area contributed by atoms with E-state index in [9.17, 15) is 23.6 Å². The summed E-state index contributed by atoms with van der Waals surface area (Å²) in [6.07, 6.45) is 0. The van der Waals surface area contributed by atoms with Crippen molar-refractivity contribution < 1.29 is 23.6 Å². The van der Waals surface area contributed by atoms with Crippen molar-refractivity contribution in [3.8, 4) is 0 Å². The smallest absolute Gasteiger partial charge is 0.262 e. The maximum atomic E-state index is 13.6. The first kappa shape index (κ1) is 22.7. The number of imide groups is 1. The Bertz CT molecular complexity index is 1070. The second-order valence-electron chi connectivity index (χ2n) is 6.98. The first-order chi connectivity index (χ1) is 14.6. The Morgan fingerprint density at radius 1 is 1.00 bits per heavy atom. The lowest BCUT2D eigenvalue weighted by Gasteiger charge is -2.21. The predicted octanol–water partition coefficient (Wildman–Crippen LogP) is 2.97. The lowest BCUT2D eigenvalue weighted by atomic mass is 10.1. The molecule has 1 unspecified atom stereocenters. The molecule has 10 heteroatoms. The Morgan fingerprint density at radius 3 is 2.10 bits per heavy atom. The summed E-state index contributed by atoms with van der Waals surface area (Å²) in [6.45, 7) is 3.11. The number of benzene rings is 2. The minimum Gasteiger partial charge on any atom is -0.353 e. The normalized spacial score (nSPS) is 13.8. The van der Waals surface area contributed by atoms with Gasteiger partial charge in [-0.3, -0.25) is 24.1 Å². The van der Waals surface area contributed by atoms with E-state index < -0.39 is 35.5 Å². The number of fused-ring (bicyclic) bond motifs is 1. The molecule has 0 radical (unpaired) electrons. The Balaban J connectivity index is 1.55. The largest absolute Gasteiger partial charge is 0.353 e. The number of amides is 4. The van der Waals surface area contributed by atoms with Crippen LogP contribution in [0.4, 0.5) is 4.39 Å². The monoisotopic (exact) mass is 465 g/mol. The first-order valence-electron chi connectivity index (χ1n) is 9.30. The van der Waals surface area contributed by atoms with Crippen molar-refractivity contribution in [2.75, 3.05) is 13.1 Å². The van der Waals surface area contributed by atoms with Crippen LogP contribution in [0.3, 0.4) is 0 Å². The molecular formula is C21H18Cl2FN3O4. The first-order valence-corrected chi connectivity index (χ1v) is 10.1. The second kappa shape index (κ2) is 9.03. The number of hydrogen-bond donors (Lipinski definition) is 2. The molecule has 0 bridgehead atoms. The van der Waals surface area contributed by atoms with Crippen LogP contribution in [0.5, 0.6) is 0 Å². The molecule has 0 saturated carbocycles. The van der Waals surface area contributed by atoms with Gasteiger partial charge in [-0.2, -0.15) is 0 Å². The van der Waals surface area contributed by atoms with Gasteiger partial charge in [-0.25, -0.2) is 4.39 Å². The van der Waals surface area contributed by atoms with Gasteiger partial charge in [-0.15, -0.1) is 0 Å². The van der Waals surface area contributed by atoms with E-state index in [2.05, 4.69) is 10.6 Å². The average Bonchev–Trinajstić information content (AvgIpc) is 2.96. The van der Waals surface area contributed by atoms with E-state index >= 15 is 0 Å². The SMILES string of the molecule is Cc1ccc(C(=O)NCCNC(=O)C(C)N2C(=O)c3cc(Cl)c(Cl)cc3C2=O)cc1F. The second-order valence-corrected chi connectivity index (χ2v) is 7.79. The molecule has 0 aromatic heterocycles. The standard InChI is InChI=1S/C21H18Cl2FN3O4/c1-10-3-4-12(7-17(10)24)19(29)26-6-5-25-18(28)11(2)27-20(30)13-8-15(22)16(23)9-14(13)21(27)31/h3-4,7-9,11H,5-6H2,1-2H3,(H,25,28)(H,26,29). The van der Waals surface area contributed by atoms with Crippen molar-refractivity contribution >= 4 is 46.8 Å². The minimum absolute atomic E-state index is 0.0457. The number of hydrogen-bond acceptors (Lipinski definition) is 4. The van der Waals surface area contributed by atoms with Gasteiger partial charge in [0, 0.05) is 18.7 Å². The maximum absolute atomic E-state index is 13.6. The zero-order chi connectivity index (χ0) is 22.9. The van der Waals surface area contributed by atoms with Crippen LogP contribution in [0.15, 0.2) is 30.3 Å². The Morgan fingerprint density at radius 2 is 1.55 bits per heavy atom. The molecule has 2 aromatic rings. The molecule has 1 aliphatic rings. The van der Waals surface area contributed by atoms with Gasteiger partial charge in [0.05, 0.1) is 21.2 Å². The highest BCUT2D eigenvalue weighted by molar-refractivity contribution is 6.43. The fourth-order valence-electron chi connectivity index (χ4n) is 3.07. The van der Waals surface area contributed by atoms with E-state index in [4.69, 9.17) is 23.2 Å². The molecule has 4 amide bonds. The summed E-state index contributed by atoms with van der Waals surface area (Å²) < 4.78 is 13.6. The summed E-state index contributed by atoms with van der Waals surface area (Å²) in [5.41, 5.74) is 0.745. The molecule has 3 rings (SSSR count). The molecule has 2 N–H and O–H groups in total. The highest BCUT2D eigenvalue weighted by atomic mass is 35.5. The number of rotatable bonds is 6. The van der Waals surface area contributed by atoms with Gasteiger partial charge in [-0.1, -0.05) is 29.3 Å². The lowest BCUT2D eigenvalue weighted by Crippen LogP contribution is -2.49. The summed E-state index contributed by atoms with van der Waals surface area (Å²) in [4.78, 5) is 50.5. The van der Waals surface area contributed by atoms with E-state index in [0.29, 0.717) is 5.56 Å². The Labute approximate surface area is 187 Å². The summed E-state index contributed by atoms with van der Waals surface area (Å²) in [6, 6.07) is 5.63. The minimum atomic E-state index is -1.09. The van der Waals surface area contributed by atoms with Crippen LogP contribution in [0, 0.1) is 12.7 Å². The highest BCUT2D eigenvalue weighted by Gasteiger charge is 2.41. The van der Waals surface area contributed by atoms with Gasteiger partial charge in [0.15, 0.2) is 0 Å². The van der Waals surface area contributed by atoms with Crippen LogP contribution < -0.4 is 10.6 Å². The lowest BCUT2D eigenvalue weighted by molar-refractivity contribution is -0.124. The summed E-state index contributed by atoms with van der Waals surface area (Å²) in [7, 11) is 0. The van der Waals surface area contributed by atoms with Gasteiger partial charge in [-0.05, 0) is 43.7 Å². The van der Waals surface area contributed by atoms with Crippen molar-refractivity contribution in [3.05, 3.63) is 68.4 Å². The third-order valence-electron chi connectivity index (χ3n) is 4.87. The van der Waals surface area contributed by atoms with Crippen molar-refractivity contribution in [1.29, 1.82) is 0 Å². The van der Waals surface area contributed by atoms with Crippen molar-refractivity contribution in [2.45, 2.75) is 19.9 Å². The van der Waals surface area contributed by atoms with E-state index in [1.54, 1.807) is 6.92 Å². The van der Waals surface area contributed by atoms with Crippen LogP contribution in [-0.2, 0) is 4.79 Å². The van der Waals surface area contributed by atoms with Gasteiger partial charge in [0.25, 0.3) is 17.7 Å². The number of nitrogens with zero attached hydrogens (tertiary/aromatic N) is 1. The van der Waals surface area contributed by atoms with Gasteiger partial charge in [0.2, 0.25) is 5.91 Å². The molecule has 1 heterocycles. The molecule has 1 aliphatic heterocycles. The van der Waals surface area contributed by atoms with Gasteiger partial charge in [0.1, 0.15) is 11.9 Å². The third-order valence-corrected chi connectivity index (χ3v) is 5.59. The number of carbonyl (C=O) groups excluding carboxylic acids is 4. The molecule has 0 saturated heterocycles. The topological polar surface area (TPSA) is 95.6 Å². The van der Waals surface area contributed by atoms with E-state index in [1.165, 1.54) is 31.2 Å². The zero-order valence-electron chi connectivity index (χ0n) is 16.6. The Kier molecular flexibility index (Phi) is 6.62. The molecular weight excluding hydrogens is 448 g/mol. The molecule has 31 heavy (non-hydrogen) atoms. The summed E-state index contributed by atoms with van der Waals surface area (Å²) in [5, 5.41) is 5.37. The maximum Gasteiger partial charge on any atom is 0.262 e. The van der Waals surface area contributed by atoms with Crippen LogP contribution in [0.1, 0.15) is 43.6 Å². The third kappa shape index (κ3) is 4.55. The number of aryl methyl sites for hydroxylation is 1. The number of nitrogens with one attached hydrogen (secondary N) is 2. The zero-order valence-corrected chi connectivity index (χ0v) is 18.1. The van der Waals surface area contributed by atoms with Crippen LogP contribution in [0.2, 0.25) is 10.0 Å². The van der Waals surface area contributed by atoms with Crippen LogP contribution >= 0.6 is 23.2 Å². The number of halogens is 3. The summed E-state index contributed by atoms with van der Waals surface area (Å²) >= 11 is 11.8. The molecule has 2 aromatic carbocycles. The molecule has 0 spiro atoms. The molecule has 0 aliphatic carbocycles. The van der Waals surface area contributed by atoms with Crippen molar-refractivity contribution in [1.82, 2.24) is 15.5 Å². The number of carbonyl (C=O) groups is 4. The molecule has 1 atom stereocenters. The van der Waals surface area contributed by atoms with Gasteiger partial charge >= 0.3 is 0 Å². The Hall–Kier alpha value is -2.97. The predicted molar refractivity (Wildman–Crippen MR) is 113 cm³/mol. The van der Waals surface area contributed by atoms with Crippen LogP contribution in [-0.4, -0.2) is 47.7 Å². The van der Waals surface area contributed by atoms with E-state index in [1.807, 2.05) is 0 Å². The molecule has 162 valence electrons. The molecule has 7 nitrogen and oxygen atoms in total. The van der Waals surface area contributed by atoms with E-state index in [0.717, 1.165) is 11.0 Å². The highest BCUT2D eigenvalue weighted by Crippen LogP contribution is 2.32. The van der Waals surface area contributed by atoms with E-state index in [-0.39, 0.29) is 39.8 Å². The summed E-state index contributed by atoms with van der Waals surface area (Å²) in [5.74, 6) is -2.84. The fraction of sp³-hybridized carbons (Fsp3) is 0.238.